The molecule has 0 fully saturated rings. The third-order valence-electron chi connectivity index (χ3n) is 2.22. The van der Waals surface area contributed by atoms with Crippen LogP contribution in [0.2, 0.25) is 5.02 Å². The fourth-order valence-corrected chi connectivity index (χ4v) is 3.53. The Hall–Kier alpha value is -0.930. The molecule has 20 heavy (non-hydrogen) atoms. The summed E-state index contributed by atoms with van der Waals surface area (Å²) >= 11 is 10.1. The predicted octanol–water partition coefficient (Wildman–Crippen LogP) is 2.79. The topological polar surface area (TPSA) is 75.3 Å². The zero-order valence-electron chi connectivity index (χ0n) is 9.76. The predicted molar refractivity (Wildman–Crippen MR) is 81.3 cm³/mol. The van der Waals surface area contributed by atoms with Crippen molar-refractivity contribution in [1.82, 2.24) is 10.3 Å². The van der Waals surface area contributed by atoms with Crippen LogP contribution in [0.5, 0.6) is 0 Å². The Morgan fingerprint density at radius 3 is 2.35 bits per heavy atom. The summed E-state index contributed by atoms with van der Waals surface area (Å²) in [4.78, 5) is 14.1. The van der Waals surface area contributed by atoms with E-state index in [0.29, 0.717) is 9.90 Å². The SMILES string of the molecule is O=C(NNS(=O)(=O)c1ccc(Cl)cc1)c1ccc(Br)s1. The van der Waals surface area contributed by atoms with Crippen LogP contribution in [0.25, 0.3) is 0 Å². The fourth-order valence-electron chi connectivity index (χ4n) is 1.28. The van der Waals surface area contributed by atoms with Gasteiger partial charge in [-0.05, 0) is 52.3 Å². The molecule has 0 aliphatic carbocycles. The van der Waals surface area contributed by atoms with Crippen molar-refractivity contribution >= 4 is 54.8 Å². The Balaban J connectivity index is 2.06. The number of sulfonamides is 1. The highest BCUT2D eigenvalue weighted by atomic mass is 79.9. The average Bonchev–Trinajstić information content (AvgIpc) is 2.83. The van der Waals surface area contributed by atoms with Gasteiger partial charge in [-0.1, -0.05) is 11.6 Å². The number of nitrogens with one attached hydrogen (secondary N) is 2. The second kappa shape index (κ2) is 6.23. The lowest BCUT2D eigenvalue weighted by molar-refractivity contribution is 0.0949. The second-order valence-corrected chi connectivity index (χ2v) is 8.20. The molecule has 0 spiro atoms. The van der Waals surface area contributed by atoms with Crippen LogP contribution in [0.1, 0.15) is 9.67 Å². The maximum atomic E-state index is 11.9. The summed E-state index contributed by atoms with van der Waals surface area (Å²) in [6.07, 6.45) is 0. The van der Waals surface area contributed by atoms with E-state index in [2.05, 4.69) is 21.4 Å². The molecule has 2 N–H and O–H groups in total. The van der Waals surface area contributed by atoms with Crippen LogP contribution >= 0.6 is 38.9 Å². The fraction of sp³-hybridized carbons (Fsp3) is 0. The Morgan fingerprint density at radius 1 is 1.15 bits per heavy atom. The molecule has 9 heteroatoms. The van der Waals surface area contributed by atoms with Gasteiger partial charge in [0, 0.05) is 5.02 Å². The first-order valence-corrected chi connectivity index (χ1v) is 8.68. The zero-order valence-corrected chi connectivity index (χ0v) is 13.7. The Labute approximate surface area is 133 Å². The van der Waals surface area contributed by atoms with Crippen LogP contribution in [0.3, 0.4) is 0 Å². The Bertz CT molecular complexity index is 728. The standard InChI is InChI=1S/C11H8BrClN2O3S2/c12-10-6-5-9(19-10)11(16)14-15-20(17,18)8-3-1-7(13)2-4-8/h1-6,15H,(H,14,16). The maximum Gasteiger partial charge on any atom is 0.276 e. The van der Waals surface area contributed by atoms with Gasteiger partial charge in [-0.2, -0.15) is 0 Å². The molecule has 0 atom stereocenters. The van der Waals surface area contributed by atoms with Crippen LogP contribution in [0.4, 0.5) is 0 Å². The highest BCUT2D eigenvalue weighted by Crippen LogP contribution is 2.21. The van der Waals surface area contributed by atoms with Gasteiger partial charge in [0.05, 0.1) is 13.6 Å². The summed E-state index contributed by atoms with van der Waals surface area (Å²) in [5.41, 5.74) is 2.15. The number of hydrogen-bond acceptors (Lipinski definition) is 4. The lowest BCUT2D eigenvalue weighted by Gasteiger charge is -2.07. The summed E-state index contributed by atoms with van der Waals surface area (Å²) < 4.78 is 24.6. The van der Waals surface area contributed by atoms with Crippen molar-refractivity contribution in [1.29, 1.82) is 0 Å². The maximum absolute atomic E-state index is 11.9. The Morgan fingerprint density at radius 2 is 1.80 bits per heavy atom. The number of carbonyl (C=O) groups excluding carboxylic acids is 1. The van der Waals surface area contributed by atoms with E-state index in [-0.39, 0.29) is 4.90 Å². The van der Waals surface area contributed by atoms with E-state index in [1.165, 1.54) is 35.6 Å². The quantitative estimate of drug-likeness (QED) is 0.782. The van der Waals surface area contributed by atoms with Crippen molar-refractivity contribution in [3.63, 3.8) is 0 Å². The lowest BCUT2D eigenvalue weighted by atomic mass is 10.4. The van der Waals surface area contributed by atoms with Crippen molar-refractivity contribution in [2.45, 2.75) is 4.90 Å². The first kappa shape index (κ1) is 15.5. The lowest BCUT2D eigenvalue weighted by Crippen LogP contribution is -2.41. The van der Waals surface area contributed by atoms with Crippen LogP contribution in [-0.4, -0.2) is 14.3 Å². The van der Waals surface area contributed by atoms with Gasteiger partial charge in [0.15, 0.2) is 0 Å². The summed E-state index contributed by atoms with van der Waals surface area (Å²) in [7, 11) is -3.82. The molecule has 106 valence electrons. The molecule has 0 unspecified atom stereocenters. The van der Waals surface area contributed by atoms with Crippen molar-refractivity contribution in [3.05, 3.63) is 50.1 Å². The van der Waals surface area contributed by atoms with Gasteiger partial charge in [0.1, 0.15) is 0 Å². The molecule has 2 rings (SSSR count). The first-order valence-electron chi connectivity index (χ1n) is 5.21. The third kappa shape index (κ3) is 3.80. The van der Waals surface area contributed by atoms with Gasteiger partial charge < -0.3 is 0 Å². The number of benzene rings is 1. The van der Waals surface area contributed by atoms with Crippen molar-refractivity contribution in [2.24, 2.45) is 0 Å². The van der Waals surface area contributed by atoms with E-state index in [0.717, 1.165) is 3.79 Å². The van der Waals surface area contributed by atoms with E-state index in [1.54, 1.807) is 12.1 Å². The highest BCUT2D eigenvalue weighted by molar-refractivity contribution is 9.11. The summed E-state index contributed by atoms with van der Waals surface area (Å²) in [6, 6.07) is 8.88. The normalized spacial score (nSPS) is 11.3. The molecule has 1 aromatic heterocycles. The van der Waals surface area contributed by atoms with Gasteiger partial charge >= 0.3 is 0 Å². The summed E-state index contributed by atoms with van der Waals surface area (Å²) in [5, 5.41) is 0.427. The highest BCUT2D eigenvalue weighted by Gasteiger charge is 2.16. The number of hydrogen-bond donors (Lipinski definition) is 2. The van der Waals surface area contributed by atoms with E-state index in [4.69, 9.17) is 11.6 Å². The molecule has 0 aliphatic heterocycles. The zero-order chi connectivity index (χ0) is 14.8. The van der Waals surface area contributed by atoms with Crippen LogP contribution in [0.15, 0.2) is 45.1 Å². The third-order valence-corrected chi connectivity index (χ3v) is 5.36. The largest absolute Gasteiger partial charge is 0.276 e. The van der Waals surface area contributed by atoms with Crippen LogP contribution in [-0.2, 0) is 10.0 Å². The molecular weight excluding hydrogens is 388 g/mol. The minimum atomic E-state index is -3.82. The van der Waals surface area contributed by atoms with Gasteiger partial charge in [-0.25, -0.2) is 8.42 Å². The Kier molecular flexibility index (Phi) is 4.82. The molecule has 0 saturated carbocycles. The number of hydrazine groups is 1. The summed E-state index contributed by atoms with van der Waals surface area (Å²) in [5.74, 6) is -0.529. The van der Waals surface area contributed by atoms with Gasteiger partial charge in [0.2, 0.25) is 0 Å². The van der Waals surface area contributed by atoms with Gasteiger partial charge in [0.25, 0.3) is 15.9 Å². The number of halogens is 2. The van der Waals surface area contributed by atoms with E-state index in [1.807, 2.05) is 4.83 Å². The van der Waals surface area contributed by atoms with Gasteiger partial charge in [-0.3, -0.25) is 10.2 Å². The van der Waals surface area contributed by atoms with E-state index in [9.17, 15) is 13.2 Å². The summed E-state index contributed by atoms with van der Waals surface area (Å²) in [6.45, 7) is 0. The number of carbonyl (C=O) groups is 1. The van der Waals surface area contributed by atoms with E-state index < -0.39 is 15.9 Å². The van der Waals surface area contributed by atoms with Crippen LogP contribution < -0.4 is 10.3 Å². The van der Waals surface area contributed by atoms with Crippen molar-refractivity contribution in [2.75, 3.05) is 0 Å². The molecule has 2 aromatic rings. The molecule has 5 nitrogen and oxygen atoms in total. The number of rotatable bonds is 4. The van der Waals surface area contributed by atoms with Crippen molar-refractivity contribution in [3.8, 4) is 0 Å². The number of amides is 1. The molecule has 0 bridgehead atoms. The molecular formula is C11H8BrClN2O3S2. The molecule has 1 heterocycles. The average molecular weight is 396 g/mol. The molecule has 0 saturated heterocycles. The second-order valence-electron chi connectivity index (χ2n) is 3.62. The first-order chi connectivity index (χ1) is 9.38. The smallest absolute Gasteiger partial charge is 0.273 e. The minimum Gasteiger partial charge on any atom is -0.273 e. The van der Waals surface area contributed by atoms with E-state index >= 15 is 0 Å². The number of thiophene rings is 1. The van der Waals surface area contributed by atoms with Crippen molar-refractivity contribution < 1.29 is 13.2 Å². The van der Waals surface area contributed by atoms with Crippen LogP contribution in [0, 0.1) is 0 Å². The minimum absolute atomic E-state index is 0.00885. The molecule has 1 aromatic carbocycles. The monoisotopic (exact) mass is 394 g/mol. The molecule has 0 aliphatic rings. The molecule has 0 radical (unpaired) electrons. The molecule has 1 amide bonds. The van der Waals surface area contributed by atoms with Gasteiger partial charge in [-0.15, -0.1) is 16.2 Å².